The Morgan fingerprint density at radius 3 is 2.61 bits per heavy atom. The number of benzene rings is 1. The third kappa shape index (κ3) is 4.11. The van der Waals surface area contributed by atoms with Gasteiger partial charge in [0.05, 0.1) is 16.3 Å². The standard InChI is InChI=1S/C18H12ClNO6S2/c19-11-4-2-1-3-10(11)13-6-5-9(26-13)7-14-16(23)20(18(27)28-14)12(17(24)25)8-15(21)22/h1-7,12H,8H2,(H,21,22)(H,24,25). The molecule has 1 aromatic carbocycles. The van der Waals surface area contributed by atoms with Crippen LogP contribution in [0.2, 0.25) is 5.02 Å². The van der Waals surface area contributed by atoms with Gasteiger partial charge in [-0.05, 0) is 24.3 Å². The van der Waals surface area contributed by atoms with Crippen molar-refractivity contribution in [3.05, 3.63) is 52.1 Å². The highest BCUT2D eigenvalue weighted by Crippen LogP contribution is 2.36. The van der Waals surface area contributed by atoms with E-state index in [-0.39, 0.29) is 9.23 Å². The molecule has 0 radical (unpaired) electrons. The molecule has 1 fully saturated rings. The van der Waals surface area contributed by atoms with E-state index >= 15 is 0 Å². The summed E-state index contributed by atoms with van der Waals surface area (Å²) in [5, 5.41) is 18.7. The van der Waals surface area contributed by atoms with E-state index < -0.39 is 30.3 Å². The predicted molar refractivity (Wildman–Crippen MR) is 108 cm³/mol. The average molecular weight is 438 g/mol. The monoisotopic (exact) mass is 437 g/mol. The van der Waals surface area contributed by atoms with Crippen LogP contribution in [0.15, 0.2) is 45.7 Å². The maximum absolute atomic E-state index is 12.6. The zero-order valence-corrected chi connectivity index (χ0v) is 16.4. The van der Waals surface area contributed by atoms with Crippen LogP contribution in [0, 0.1) is 0 Å². The van der Waals surface area contributed by atoms with E-state index in [4.69, 9.17) is 33.3 Å². The lowest BCUT2D eigenvalue weighted by molar-refractivity contribution is -0.150. The molecular weight excluding hydrogens is 426 g/mol. The Morgan fingerprint density at radius 1 is 1.25 bits per heavy atom. The molecule has 2 heterocycles. The van der Waals surface area contributed by atoms with Crippen molar-refractivity contribution in [3.63, 3.8) is 0 Å². The van der Waals surface area contributed by atoms with Crippen molar-refractivity contribution in [1.82, 2.24) is 4.90 Å². The Balaban J connectivity index is 1.87. The van der Waals surface area contributed by atoms with Gasteiger partial charge in [-0.2, -0.15) is 0 Å². The highest BCUT2D eigenvalue weighted by molar-refractivity contribution is 8.26. The van der Waals surface area contributed by atoms with Gasteiger partial charge >= 0.3 is 11.9 Å². The lowest BCUT2D eigenvalue weighted by Crippen LogP contribution is -2.45. The lowest BCUT2D eigenvalue weighted by atomic mass is 10.2. The summed E-state index contributed by atoms with van der Waals surface area (Å²) in [5.41, 5.74) is 0.684. The van der Waals surface area contributed by atoms with Crippen molar-refractivity contribution in [2.75, 3.05) is 0 Å². The fourth-order valence-corrected chi connectivity index (χ4v) is 4.13. The van der Waals surface area contributed by atoms with Crippen LogP contribution in [0.5, 0.6) is 0 Å². The second-order valence-electron chi connectivity index (χ2n) is 5.69. The molecule has 1 aromatic heterocycles. The quantitative estimate of drug-likeness (QED) is 0.520. The SMILES string of the molecule is O=C(O)CC(C(=O)O)N1C(=O)C(=Cc2ccc(-c3ccccc3Cl)o2)SC1=S. The van der Waals surface area contributed by atoms with Gasteiger partial charge in [0.25, 0.3) is 5.91 Å². The number of carboxylic acid groups (broad SMARTS) is 2. The number of hydrogen-bond acceptors (Lipinski definition) is 6. The number of rotatable bonds is 6. The first kappa shape index (κ1) is 20.1. The van der Waals surface area contributed by atoms with E-state index in [0.29, 0.717) is 22.1 Å². The van der Waals surface area contributed by atoms with E-state index in [1.807, 2.05) is 6.07 Å². The molecule has 3 rings (SSSR count). The van der Waals surface area contributed by atoms with Gasteiger partial charge in [-0.3, -0.25) is 14.5 Å². The van der Waals surface area contributed by atoms with Crippen LogP contribution in [-0.4, -0.2) is 43.3 Å². The summed E-state index contributed by atoms with van der Waals surface area (Å²) < 4.78 is 5.68. The molecule has 2 N–H and O–H groups in total. The maximum Gasteiger partial charge on any atom is 0.327 e. The molecule has 0 bridgehead atoms. The van der Waals surface area contributed by atoms with E-state index in [1.54, 1.807) is 30.3 Å². The van der Waals surface area contributed by atoms with Gasteiger partial charge in [0.2, 0.25) is 0 Å². The van der Waals surface area contributed by atoms with Crippen molar-refractivity contribution in [1.29, 1.82) is 0 Å². The van der Waals surface area contributed by atoms with Crippen LogP contribution < -0.4 is 0 Å². The topological polar surface area (TPSA) is 108 Å². The Bertz CT molecular complexity index is 1020. The summed E-state index contributed by atoms with van der Waals surface area (Å²) in [6, 6.07) is 8.85. The minimum atomic E-state index is -1.58. The fraction of sp³-hybridized carbons (Fsp3) is 0.111. The Morgan fingerprint density at radius 2 is 1.96 bits per heavy atom. The summed E-state index contributed by atoms with van der Waals surface area (Å²) >= 11 is 12.1. The highest BCUT2D eigenvalue weighted by Gasteiger charge is 2.41. The Hall–Kier alpha value is -2.62. The minimum Gasteiger partial charge on any atom is -0.481 e. The van der Waals surface area contributed by atoms with E-state index in [2.05, 4.69) is 0 Å². The van der Waals surface area contributed by atoms with Crippen molar-refractivity contribution in [2.24, 2.45) is 0 Å². The summed E-state index contributed by atoms with van der Waals surface area (Å²) in [6.45, 7) is 0. The van der Waals surface area contributed by atoms with Crippen LogP contribution in [0.3, 0.4) is 0 Å². The number of furan rings is 1. The first-order valence-electron chi connectivity index (χ1n) is 7.84. The first-order valence-corrected chi connectivity index (χ1v) is 9.44. The second kappa shape index (κ2) is 8.17. The molecular formula is C18H12ClNO6S2. The molecule has 2 aromatic rings. The molecule has 0 spiro atoms. The molecule has 28 heavy (non-hydrogen) atoms. The van der Waals surface area contributed by atoms with Crippen molar-refractivity contribution in [3.8, 4) is 11.3 Å². The van der Waals surface area contributed by atoms with Gasteiger partial charge in [0, 0.05) is 11.6 Å². The third-order valence-corrected chi connectivity index (χ3v) is 5.49. The van der Waals surface area contributed by atoms with Crippen molar-refractivity contribution in [2.45, 2.75) is 12.5 Å². The number of aliphatic carboxylic acids is 2. The number of amides is 1. The number of carbonyl (C=O) groups is 3. The maximum atomic E-state index is 12.6. The van der Waals surface area contributed by atoms with Crippen LogP contribution >= 0.6 is 35.6 Å². The molecule has 1 aliphatic heterocycles. The smallest absolute Gasteiger partial charge is 0.327 e. The van der Waals surface area contributed by atoms with Crippen LogP contribution in [0.1, 0.15) is 12.2 Å². The lowest BCUT2D eigenvalue weighted by Gasteiger charge is -2.21. The normalized spacial score (nSPS) is 16.6. The van der Waals surface area contributed by atoms with Gasteiger partial charge in [0.1, 0.15) is 21.9 Å². The second-order valence-corrected chi connectivity index (χ2v) is 7.77. The molecule has 1 atom stereocenters. The van der Waals surface area contributed by atoms with Gasteiger partial charge in [-0.1, -0.05) is 47.7 Å². The van der Waals surface area contributed by atoms with Gasteiger partial charge in [-0.25, -0.2) is 4.79 Å². The molecule has 144 valence electrons. The van der Waals surface area contributed by atoms with Crippen LogP contribution in [0.4, 0.5) is 0 Å². The molecule has 0 saturated carbocycles. The highest BCUT2D eigenvalue weighted by atomic mass is 35.5. The van der Waals surface area contributed by atoms with E-state index in [1.165, 1.54) is 6.08 Å². The largest absolute Gasteiger partial charge is 0.481 e. The predicted octanol–water partition coefficient (Wildman–Crippen LogP) is 3.73. The molecule has 1 aliphatic rings. The number of hydrogen-bond donors (Lipinski definition) is 2. The van der Waals surface area contributed by atoms with E-state index in [9.17, 15) is 19.5 Å². The van der Waals surface area contributed by atoms with Gasteiger partial charge in [0.15, 0.2) is 0 Å². The Kier molecular flexibility index (Phi) is 5.87. The minimum absolute atomic E-state index is 0.0252. The average Bonchev–Trinajstić information content (AvgIpc) is 3.18. The summed E-state index contributed by atoms with van der Waals surface area (Å²) in [6.07, 6.45) is 0.672. The van der Waals surface area contributed by atoms with E-state index in [0.717, 1.165) is 16.7 Å². The molecule has 0 aliphatic carbocycles. The summed E-state index contributed by atoms with van der Waals surface area (Å²) in [7, 11) is 0. The Labute approximate surface area is 173 Å². The van der Waals surface area contributed by atoms with Gasteiger partial charge in [-0.15, -0.1) is 0 Å². The zero-order chi connectivity index (χ0) is 20.4. The van der Waals surface area contributed by atoms with Gasteiger partial charge < -0.3 is 14.6 Å². The van der Waals surface area contributed by atoms with Crippen LogP contribution in [0.25, 0.3) is 17.4 Å². The van der Waals surface area contributed by atoms with Crippen molar-refractivity contribution < 1.29 is 29.0 Å². The van der Waals surface area contributed by atoms with Crippen LogP contribution in [-0.2, 0) is 14.4 Å². The summed E-state index contributed by atoms with van der Waals surface area (Å²) in [5.74, 6) is -2.62. The number of carboxylic acids is 2. The first-order chi connectivity index (χ1) is 13.3. The zero-order valence-electron chi connectivity index (χ0n) is 14.0. The molecule has 1 unspecified atom stereocenters. The number of halogens is 1. The molecule has 1 saturated heterocycles. The summed E-state index contributed by atoms with van der Waals surface area (Å²) in [4.78, 5) is 35.9. The number of thioether (sulfide) groups is 1. The number of nitrogens with zero attached hydrogens (tertiary/aromatic N) is 1. The third-order valence-electron chi connectivity index (χ3n) is 3.83. The number of carbonyl (C=O) groups excluding carboxylic acids is 1. The van der Waals surface area contributed by atoms with Crippen molar-refractivity contribution >= 4 is 63.8 Å². The fourth-order valence-electron chi connectivity index (χ4n) is 2.57. The number of thiocarbonyl (C=S) groups is 1. The molecule has 10 heteroatoms. The molecule has 1 amide bonds. The molecule has 7 nitrogen and oxygen atoms in total.